The van der Waals surface area contributed by atoms with Gasteiger partial charge in [-0.15, -0.1) is 0 Å². The predicted octanol–water partition coefficient (Wildman–Crippen LogP) is 13.1. The number of nitrogens with zero attached hydrogens (tertiary/aromatic N) is 4. The van der Waals surface area contributed by atoms with Crippen molar-refractivity contribution in [3.05, 3.63) is 194 Å². The molecule has 0 spiro atoms. The molecule has 0 aliphatic rings. The molecule has 0 amide bonds. The lowest BCUT2D eigenvalue weighted by atomic mass is 9.92. The molecular weight excluding hydrogens is 669 g/mol. The Morgan fingerprint density at radius 2 is 0.745 bits per heavy atom. The molecule has 0 unspecified atom stereocenters. The van der Waals surface area contributed by atoms with Gasteiger partial charge in [0.1, 0.15) is 0 Å². The predicted molar refractivity (Wildman–Crippen MR) is 228 cm³/mol. The summed E-state index contributed by atoms with van der Waals surface area (Å²) in [4.78, 5) is 15.8. The van der Waals surface area contributed by atoms with Crippen LogP contribution in [0.3, 0.4) is 0 Å². The minimum atomic E-state index is 0.577. The standard InChI is InChI=1S/C51H32N4/c1-3-14-33(15-4-1)35-26-28-36(29-27-35)49-52-50(38-19-13-18-37(32-38)34-16-5-2-6-17-34)54-51(53-49)55-45-25-12-11-24-44(45)48-46(55)31-30-43-41-22-8-7-20-39(41)40-21-9-10-23-42(40)47(43)48/h1-32H. The molecule has 11 rings (SSSR count). The molecule has 0 aliphatic heterocycles. The minimum absolute atomic E-state index is 0.577. The Hall–Kier alpha value is -7.43. The maximum Gasteiger partial charge on any atom is 0.238 e. The first-order valence-corrected chi connectivity index (χ1v) is 18.6. The van der Waals surface area contributed by atoms with Crippen molar-refractivity contribution in [2.75, 3.05) is 0 Å². The molecule has 0 saturated carbocycles. The molecule has 4 heteroatoms. The summed E-state index contributed by atoms with van der Waals surface area (Å²) in [5, 5.41) is 9.81. The highest BCUT2D eigenvalue weighted by Crippen LogP contribution is 2.43. The topological polar surface area (TPSA) is 43.6 Å². The first kappa shape index (κ1) is 31.1. The van der Waals surface area contributed by atoms with E-state index in [2.05, 4.69) is 187 Å². The molecule has 11 aromatic rings. The Labute approximate surface area is 317 Å². The van der Waals surface area contributed by atoms with Gasteiger partial charge < -0.3 is 0 Å². The van der Waals surface area contributed by atoms with E-state index < -0.39 is 0 Å². The van der Waals surface area contributed by atoms with E-state index in [1.54, 1.807) is 0 Å². The van der Waals surface area contributed by atoms with Crippen LogP contribution >= 0.6 is 0 Å². The van der Waals surface area contributed by atoms with Crippen LogP contribution in [-0.2, 0) is 0 Å². The molecule has 0 saturated heterocycles. The van der Waals surface area contributed by atoms with Crippen LogP contribution in [0.2, 0.25) is 0 Å². The zero-order chi connectivity index (χ0) is 36.3. The second kappa shape index (κ2) is 12.6. The molecular formula is C51H32N4. The van der Waals surface area contributed by atoms with E-state index >= 15 is 0 Å². The number of hydrogen-bond donors (Lipinski definition) is 0. The first-order chi connectivity index (χ1) is 27.3. The highest BCUT2D eigenvalue weighted by Gasteiger charge is 2.21. The van der Waals surface area contributed by atoms with Crippen LogP contribution in [0.4, 0.5) is 0 Å². The second-order valence-corrected chi connectivity index (χ2v) is 14.0. The summed E-state index contributed by atoms with van der Waals surface area (Å²) in [6.45, 7) is 0. The Morgan fingerprint density at radius 1 is 0.273 bits per heavy atom. The SMILES string of the molecule is c1ccc(-c2ccc(-c3nc(-c4cccc(-c5ccccc5)c4)nc(-n4c5ccccc5c5c6c7ccccc7c7ccccc7c6ccc54)n3)cc2)cc1. The van der Waals surface area contributed by atoms with E-state index in [-0.39, 0.29) is 0 Å². The fraction of sp³-hybridized carbons (Fsp3) is 0. The molecule has 0 aliphatic carbocycles. The third-order valence-electron chi connectivity index (χ3n) is 10.8. The third-order valence-corrected chi connectivity index (χ3v) is 10.8. The Balaban J connectivity index is 1.19. The van der Waals surface area contributed by atoms with Crippen LogP contribution in [-0.4, -0.2) is 19.5 Å². The van der Waals surface area contributed by atoms with E-state index in [0.717, 1.165) is 44.2 Å². The van der Waals surface area contributed by atoms with E-state index in [1.807, 2.05) is 12.1 Å². The van der Waals surface area contributed by atoms with Gasteiger partial charge in [0, 0.05) is 27.3 Å². The molecule has 0 fully saturated rings. The van der Waals surface area contributed by atoms with Crippen LogP contribution < -0.4 is 0 Å². The number of fused-ring (bicyclic) bond motifs is 10. The van der Waals surface area contributed by atoms with Crippen LogP contribution in [0.5, 0.6) is 0 Å². The molecule has 55 heavy (non-hydrogen) atoms. The van der Waals surface area contributed by atoms with Crippen LogP contribution in [0, 0.1) is 0 Å². The fourth-order valence-electron chi connectivity index (χ4n) is 8.30. The highest BCUT2D eigenvalue weighted by molar-refractivity contribution is 6.35. The van der Waals surface area contributed by atoms with Gasteiger partial charge in [-0.3, -0.25) is 4.57 Å². The van der Waals surface area contributed by atoms with E-state index in [4.69, 9.17) is 15.0 Å². The number of benzene rings is 9. The lowest BCUT2D eigenvalue weighted by molar-refractivity contribution is 0.954. The Kier molecular flexibility index (Phi) is 7.14. The fourth-order valence-corrected chi connectivity index (χ4v) is 8.30. The maximum atomic E-state index is 5.30. The molecule has 0 radical (unpaired) electrons. The molecule has 9 aromatic carbocycles. The summed E-state index contributed by atoms with van der Waals surface area (Å²) in [6.07, 6.45) is 0. The number of rotatable bonds is 5. The molecule has 0 bridgehead atoms. The van der Waals surface area contributed by atoms with Gasteiger partial charge in [0.25, 0.3) is 0 Å². The quantitative estimate of drug-likeness (QED) is 0.168. The number of aromatic nitrogens is 4. The Bertz CT molecular complexity index is 3200. The van der Waals surface area contributed by atoms with Crippen LogP contribution in [0.25, 0.3) is 105 Å². The van der Waals surface area contributed by atoms with Gasteiger partial charge in [0.05, 0.1) is 11.0 Å². The van der Waals surface area contributed by atoms with E-state index in [1.165, 1.54) is 43.3 Å². The monoisotopic (exact) mass is 700 g/mol. The molecule has 0 atom stereocenters. The van der Waals surface area contributed by atoms with Crippen molar-refractivity contribution in [2.45, 2.75) is 0 Å². The van der Waals surface area contributed by atoms with Gasteiger partial charge in [0.2, 0.25) is 5.95 Å². The summed E-state index contributed by atoms with van der Waals surface area (Å²) in [6, 6.07) is 68.5. The van der Waals surface area contributed by atoms with Gasteiger partial charge in [-0.25, -0.2) is 4.98 Å². The molecule has 2 aromatic heterocycles. The summed E-state index contributed by atoms with van der Waals surface area (Å²) >= 11 is 0. The van der Waals surface area contributed by atoms with Gasteiger partial charge in [0.15, 0.2) is 11.6 Å². The molecule has 4 nitrogen and oxygen atoms in total. The smallest absolute Gasteiger partial charge is 0.238 e. The molecule has 2 heterocycles. The molecule has 0 N–H and O–H groups in total. The average molecular weight is 701 g/mol. The van der Waals surface area contributed by atoms with E-state index in [9.17, 15) is 0 Å². The van der Waals surface area contributed by atoms with Gasteiger partial charge in [-0.05, 0) is 67.4 Å². The average Bonchev–Trinajstić information content (AvgIpc) is 3.61. The number of hydrogen-bond acceptors (Lipinski definition) is 3. The second-order valence-electron chi connectivity index (χ2n) is 14.0. The van der Waals surface area contributed by atoms with Crippen molar-refractivity contribution in [1.29, 1.82) is 0 Å². The largest absolute Gasteiger partial charge is 0.278 e. The van der Waals surface area contributed by atoms with Crippen molar-refractivity contribution in [3.63, 3.8) is 0 Å². The van der Waals surface area contributed by atoms with Crippen molar-refractivity contribution in [1.82, 2.24) is 19.5 Å². The van der Waals surface area contributed by atoms with Crippen molar-refractivity contribution in [3.8, 4) is 51.0 Å². The van der Waals surface area contributed by atoms with Gasteiger partial charge in [-0.2, -0.15) is 9.97 Å². The zero-order valence-electron chi connectivity index (χ0n) is 29.8. The van der Waals surface area contributed by atoms with Gasteiger partial charge >= 0.3 is 0 Å². The van der Waals surface area contributed by atoms with Crippen LogP contribution in [0.15, 0.2) is 194 Å². The minimum Gasteiger partial charge on any atom is -0.278 e. The lowest BCUT2D eigenvalue weighted by Crippen LogP contribution is -2.06. The highest BCUT2D eigenvalue weighted by atomic mass is 15.2. The summed E-state index contributed by atoms with van der Waals surface area (Å²) < 4.78 is 2.22. The van der Waals surface area contributed by atoms with Crippen molar-refractivity contribution < 1.29 is 0 Å². The lowest BCUT2D eigenvalue weighted by Gasteiger charge is -2.13. The van der Waals surface area contributed by atoms with Gasteiger partial charge in [-0.1, -0.05) is 176 Å². The normalized spacial score (nSPS) is 11.6. The van der Waals surface area contributed by atoms with Crippen LogP contribution in [0.1, 0.15) is 0 Å². The summed E-state index contributed by atoms with van der Waals surface area (Å²) in [7, 11) is 0. The maximum absolute atomic E-state index is 5.30. The van der Waals surface area contributed by atoms with Crippen molar-refractivity contribution in [2.24, 2.45) is 0 Å². The van der Waals surface area contributed by atoms with Crippen molar-refractivity contribution >= 4 is 54.1 Å². The van der Waals surface area contributed by atoms with E-state index in [0.29, 0.717) is 17.6 Å². The number of para-hydroxylation sites is 1. The summed E-state index contributed by atoms with van der Waals surface area (Å²) in [5.74, 6) is 1.81. The first-order valence-electron chi connectivity index (χ1n) is 18.6. The summed E-state index contributed by atoms with van der Waals surface area (Å²) in [5.41, 5.74) is 8.51. The zero-order valence-corrected chi connectivity index (χ0v) is 29.8. The third kappa shape index (κ3) is 5.11. The molecule has 256 valence electrons. The Morgan fingerprint density at radius 3 is 1.44 bits per heavy atom.